The summed E-state index contributed by atoms with van der Waals surface area (Å²) in [6.07, 6.45) is 4.23. The number of aromatic nitrogens is 2. The molecule has 1 unspecified atom stereocenters. The zero-order chi connectivity index (χ0) is 20.3. The van der Waals surface area contributed by atoms with Crippen molar-refractivity contribution in [3.05, 3.63) is 82.0 Å². The van der Waals surface area contributed by atoms with Crippen molar-refractivity contribution in [1.82, 2.24) is 9.97 Å². The Morgan fingerprint density at radius 2 is 1.72 bits per heavy atom. The molecule has 5 nitrogen and oxygen atoms in total. The van der Waals surface area contributed by atoms with E-state index in [9.17, 15) is 14.4 Å². The van der Waals surface area contributed by atoms with E-state index in [2.05, 4.69) is 23.8 Å². The van der Waals surface area contributed by atoms with Crippen molar-refractivity contribution in [2.24, 2.45) is 5.41 Å². The Balaban J connectivity index is 1.76. The minimum Gasteiger partial charge on any atom is -0.294 e. The molecule has 1 heterocycles. The van der Waals surface area contributed by atoms with Crippen LogP contribution in [0.1, 0.15) is 65.4 Å². The molecule has 0 radical (unpaired) electrons. The van der Waals surface area contributed by atoms with Gasteiger partial charge in [-0.25, -0.2) is 9.97 Å². The number of hydrogen-bond acceptors (Lipinski definition) is 5. The molecule has 0 saturated heterocycles. The first-order valence-electron chi connectivity index (χ1n) is 9.80. The maximum atomic E-state index is 13.5. The normalized spacial score (nSPS) is 23.0. The molecule has 144 valence electrons. The molecule has 1 atom stereocenters. The summed E-state index contributed by atoms with van der Waals surface area (Å²) < 4.78 is 0. The number of nitrogens with zero attached hydrogens (tertiary/aromatic N) is 2. The monoisotopic (exact) mass is 384 g/mol. The summed E-state index contributed by atoms with van der Waals surface area (Å²) in [4.78, 5) is 48.0. The van der Waals surface area contributed by atoms with Gasteiger partial charge in [0.1, 0.15) is 12.0 Å². The fraction of sp³-hybridized carbons (Fsp3) is 0.292. The Kier molecular flexibility index (Phi) is 3.78. The number of benzene rings is 1. The number of rotatable bonds is 1. The maximum Gasteiger partial charge on any atom is 0.208 e. The molecule has 1 aromatic carbocycles. The summed E-state index contributed by atoms with van der Waals surface area (Å²) in [6, 6.07) is 9.54. The van der Waals surface area contributed by atoms with Crippen molar-refractivity contribution in [3.63, 3.8) is 0 Å². The third kappa shape index (κ3) is 2.64. The van der Waals surface area contributed by atoms with Crippen molar-refractivity contribution in [3.8, 4) is 0 Å². The van der Waals surface area contributed by atoms with Crippen LogP contribution >= 0.6 is 0 Å². The summed E-state index contributed by atoms with van der Waals surface area (Å²) >= 11 is 0. The highest BCUT2D eigenvalue weighted by atomic mass is 16.1. The van der Waals surface area contributed by atoms with E-state index in [1.165, 1.54) is 12.5 Å². The zero-order valence-corrected chi connectivity index (χ0v) is 16.4. The van der Waals surface area contributed by atoms with Gasteiger partial charge in [-0.05, 0) is 23.8 Å². The second-order valence-electron chi connectivity index (χ2n) is 8.81. The largest absolute Gasteiger partial charge is 0.294 e. The minimum atomic E-state index is -0.511. The molecule has 1 aromatic heterocycles. The van der Waals surface area contributed by atoms with E-state index in [1.54, 1.807) is 0 Å². The van der Waals surface area contributed by atoms with Crippen LogP contribution in [0.25, 0.3) is 0 Å². The molecular weight excluding hydrogens is 364 g/mol. The number of ketones is 3. The molecule has 0 amide bonds. The molecule has 5 rings (SSSR count). The van der Waals surface area contributed by atoms with E-state index in [4.69, 9.17) is 0 Å². The minimum absolute atomic E-state index is 0.0759. The average molecular weight is 384 g/mol. The van der Waals surface area contributed by atoms with Crippen LogP contribution in [0.4, 0.5) is 0 Å². The third-order valence-corrected chi connectivity index (χ3v) is 6.13. The maximum absolute atomic E-state index is 13.5. The SMILES string of the molecule is CC1(C)CC(=O)C2=C(CC3=C(C(=O)c4cncnc4C3=O)C2c2ccccc2)C1. The second-order valence-corrected chi connectivity index (χ2v) is 8.81. The summed E-state index contributed by atoms with van der Waals surface area (Å²) in [7, 11) is 0. The van der Waals surface area contributed by atoms with Crippen molar-refractivity contribution in [2.75, 3.05) is 0 Å². The van der Waals surface area contributed by atoms with Crippen LogP contribution in [0.15, 0.2) is 65.1 Å². The fourth-order valence-corrected chi connectivity index (χ4v) is 5.03. The van der Waals surface area contributed by atoms with Crippen molar-refractivity contribution >= 4 is 17.3 Å². The van der Waals surface area contributed by atoms with Gasteiger partial charge in [-0.1, -0.05) is 49.8 Å². The second kappa shape index (κ2) is 6.14. The molecule has 0 aliphatic heterocycles. The quantitative estimate of drug-likeness (QED) is 0.742. The summed E-state index contributed by atoms with van der Waals surface area (Å²) in [5.41, 5.74) is 3.70. The molecule has 0 saturated carbocycles. The van der Waals surface area contributed by atoms with Gasteiger partial charge in [0, 0.05) is 35.3 Å². The molecule has 29 heavy (non-hydrogen) atoms. The van der Waals surface area contributed by atoms with Gasteiger partial charge in [0.25, 0.3) is 0 Å². The van der Waals surface area contributed by atoms with Crippen molar-refractivity contribution < 1.29 is 14.4 Å². The van der Waals surface area contributed by atoms with Crippen LogP contribution in [0.5, 0.6) is 0 Å². The lowest BCUT2D eigenvalue weighted by molar-refractivity contribution is -0.118. The van der Waals surface area contributed by atoms with Gasteiger partial charge in [-0.15, -0.1) is 0 Å². The van der Waals surface area contributed by atoms with Gasteiger partial charge in [0.15, 0.2) is 11.6 Å². The summed E-state index contributed by atoms with van der Waals surface area (Å²) in [5, 5.41) is 0. The smallest absolute Gasteiger partial charge is 0.208 e. The van der Waals surface area contributed by atoms with Gasteiger partial charge in [-0.3, -0.25) is 14.4 Å². The Bertz CT molecular complexity index is 1160. The Labute approximate surface area is 168 Å². The Morgan fingerprint density at radius 1 is 0.966 bits per heavy atom. The molecule has 0 fully saturated rings. The molecule has 3 aliphatic carbocycles. The van der Waals surface area contributed by atoms with E-state index in [-0.39, 0.29) is 34.0 Å². The van der Waals surface area contributed by atoms with E-state index >= 15 is 0 Å². The lowest BCUT2D eigenvalue weighted by Gasteiger charge is -2.40. The van der Waals surface area contributed by atoms with E-state index in [0.717, 1.165) is 17.6 Å². The number of allylic oxidation sites excluding steroid dienone is 4. The van der Waals surface area contributed by atoms with Crippen molar-refractivity contribution in [2.45, 2.75) is 39.0 Å². The first kappa shape index (κ1) is 17.9. The van der Waals surface area contributed by atoms with Crippen LogP contribution < -0.4 is 0 Å². The highest BCUT2D eigenvalue weighted by Gasteiger charge is 2.47. The van der Waals surface area contributed by atoms with Crippen LogP contribution in [0.3, 0.4) is 0 Å². The van der Waals surface area contributed by atoms with E-state index < -0.39 is 5.92 Å². The van der Waals surface area contributed by atoms with Crippen LogP contribution in [0, 0.1) is 5.41 Å². The molecular formula is C24H20N2O3. The summed E-state index contributed by atoms with van der Waals surface area (Å²) in [5.74, 6) is -0.899. The van der Waals surface area contributed by atoms with Gasteiger partial charge < -0.3 is 0 Å². The standard InChI is InChI=1S/C24H20N2O3/c1-24(2)9-14-8-15-20(22(28)16-11-25-12-26-21(16)23(15)29)19(18(14)17(27)10-24)13-6-4-3-5-7-13/h3-7,11-12,19H,8-10H2,1-2H3. The highest BCUT2D eigenvalue weighted by Crippen LogP contribution is 2.51. The number of carbonyl (C=O) groups is 3. The van der Waals surface area contributed by atoms with Crippen LogP contribution in [-0.4, -0.2) is 27.3 Å². The first-order chi connectivity index (χ1) is 13.9. The number of carbonyl (C=O) groups excluding carboxylic acids is 3. The molecule has 0 bridgehead atoms. The lowest BCUT2D eigenvalue weighted by atomic mass is 9.61. The first-order valence-corrected chi connectivity index (χ1v) is 9.80. The molecule has 0 spiro atoms. The molecule has 2 aromatic rings. The molecule has 3 aliphatic rings. The number of Topliss-reactive ketones (excluding diaryl/α,β-unsaturated/α-hetero) is 3. The number of fused-ring (bicyclic) bond motifs is 1. The van der Waals surface area contributed by atoms with Crippen LogP contribution in [-0.2, 0) is 4.79 Å². The van der Waals surface area contributed by atoms with Gasteiger partial charge >= 0.3 is 0 Å². The van der Waals surface area contributed by atoms with Gasteiger partial charge in [-0.2, -0.15) is 0 Å². The number of hydrogen-bond donors (Lipinski definition) is 0. The molecule has 5 heteroatoms. The van der Waals surface area contributed by atoms with Gasteiger partial charge in [0.2, 0.25) is 5.78 Å². The predicted octanol–water partition coefficient (Wildman–Crippen LogP) is 4.03. The Hall–Kier alpha value is -3.21. The Morgan fingerprint density at radius 3 is 2.48 bits per heavy atom. The topological polar surface area (TPSA) is 77.0 Å². The summed E-state index contributed by atoms with van der Waals surface area (Å²) in [6.45, 7) is 4.15. The third-order valence-electron chi connectivity index (χ3n) is 6.13. The molecule has 0 N–H and O–H groups in total. The van der Waals surface area contributed by atoms with Gasteiger partial charge in [0.05, 0.1) is 5.56 Å². The predicted molar refractivity (Wildman–Crippen MR) is 107 cm³/mol. The zero-order valence-electron chi connectivity index (χ0n) is 16.4. The highest BCUT2D eigenvalue weighted by molar-refractivity contribution is 6.28. The van der Waals surface area contributed by atoms with Crippen molar-refractivity contribution in [1.29, 1.82) is 0 Å². The fourth-order valence-electron chi connectivity index (χ4n) is 5.03. The van der Waals surface area contributed by atoms with E-state index in [1.807, 2.05) is 30.3 Å². The lowest BCUT2D eigenvalue weighted by Crippen LogP contribution is -2.36. The average Bonchev–Trinajstić information content (AvgIpc) is 2.70. The van der Waals surface area contributed by atoms with E-state index in [0.29, 0.717) is 29.6 Å². The van der Waals surface area contributed by atoms with Crippen LogP contribution in [0.2, 0.25) is 0 Å².